The van der Waals surface area contributed by atoms with E-state index in [1.165, 1.54) is 4.31 Å². The van der Waals surface area contributed by atoms with Gasteiger partial charge in [-0.05, 0) is 37.8 Å². The molecule has 2 saturated heterocycles. The molecular formula is C16H23N3O3S. The average Bonchev–Trinajstić information content (AvgIpc) is 2.85. The van der Waals surface area contributed by atoms with Crippen LogP contribution in [0.2, 0.25) is 0 Å². The minimum Gasteiger partial charge on any atom is -0.338 e. The standard InChI is InChI=1S/C16H23N3O3S/c1-2-23(21,22)19-9-4-6-16(13-19)7-10-18(15(16)20)12-14-5-3-8-17-11-14/h3,5,8,11H,2,4,6-7,9-10,12-13H2,1H3/t16-/m1/s1. The first-order chi connectivity index (χ1) is 11.0. The van der Waals surface area contributed by atoms with Gasteiger partial charge in [-0.15, -0.1) is 0 Å². The molecule has 1 aromatic rings. The van der Waals surface area contributed by atoms with Crippen molar-refractivity contribution in [2.24, 2.45) is 5.41 Å². The molecule has 3 rings (SSSR count). The first-order valence-corrected chi connectivity index (χ1v) is 9.74. The number of amides is 1. The molecule has 0 aromatic carbocycles. The van der Waals surface area contributed by atoms with Crippen molar-refractivity contribution in [2.45, 2.75) is 32.7 Å². The van der Waals surface area contributed by atoms with Crippen LogP contribution in [-0.4, -0.2) is 53.9 Å². The van der Waals surface area contributed by atoms with Crippen LogP contribution in [0.5, 0.6) is 0 Å². The average molecular weight is 337 g/mol. The van der Waals surface area contributed by atoms with Gasteiger partial charge in [0.15, 0.2) is 0 Å². The second kappa shape index (κ2) is 6.20. The third-order valence-electron chi connectivity index (χ3n) is 5.00. The van der Waals surface area contributed by atoms with Gasteiger partial charge in [0.05, 0.1) is 11.2 Å². The third kappa shape index (κ3) is 3.12. The molecule has 126 valence electrons. The number of sulfonamides is 1. The van der Waals surface area contributed by atoms with Crippen molar-refractivity contribution in [3.8, 4) is 0 Å². The topological polar surface area (TPSA) is 70.6 Å². The van der Waals surface area contributed by atoms with Crippen LogP contribution in [0, 0.1) is 5.41 Å². The number of nitrogens with zero attached hydrogens (tertiary/aromatic N) is 3. The van der Waals surface area contributed by atoms with Crippen molar-refractivity contribution in [2.75, 3.05) is 25.4 Å². The summed E-state index contributed by atoms with van der Waals surface area (Å²) in [7, 11) is -3.23. The van der Waals surface area contributed by atoms with Gasteiger partial charge in [0, 0.05) is 38.6 Å². The Labute approximate surface area is 137 Å². The third-order valence-corrected chi connectivity index (χ3v) is 6.83. The maximum Gasteiger partial charge on any atom is 0.230 e. The predicted molar refractivity (Wildman–Crippen MR) is 87.0 cm³/mol. The van der Waals surface area contributed by atoms with Gasteiger partial charge in [-0.3, -0.25) is 9.78 Å². The second-order valence-electron chi connectivity index (χ2n) is 6.46. The maximum absolute atomic E-state index is 12.9. The van der Waals surface area contributed by atoms with Crippen molar-refractivity contribution in [1.29, 1.82) is 0 Å². The Morgan fingerprint density at radius 2 is 2.13 bits per heavy atom. The number of pyridine rings is 1. The van der Waals surface area contributed by atoms with E-state index < -0.39 is 15.4 Å². The number of rotatable bonds is 4. The van der Waals surface area contributed by atoms with Gasteiger partial charge in [0.2, 0.25) is 15.9 Å². The summed E-state index contributed by atoms with van der Waals surface area (Å²) in [4.78, 5) is 18.9. The van der Waals surface area contributed by atoms with Crippen LogP contribution in [0.25, 0.3) is 0 Å². The highest BCUT2D eigenvalue weighted by molar-refractivity contribution is 7.89. The minimum absolute atomic E-state index is 0.0939. The Hall–Kier alpha value is -1.47. The fourth-order valence-corrected chi connectivity index (χ4v) is 4.86. The number of hydrogen-bond acceptors (Lipinski definition) is 4. The van der Waals surface area contributed by atoms with E-state index in [1.54, 1.807) is 19.3 Å². The Balaban J connectivity index is 1.75. The summed E-state index contributed by atoms with van der Waals surface area (Å²) in [5, 5.41) is 0. The lowest BCUT2D eigenvalue weighted by atomic mass is 9.79. The molecule has 1 amide bonds. The Kier molecular flexibility index (Phi) is 4.42. The monoisotopic (exact) mass is 337 g/mol. The molecule has 6 nitrogen and oxygen atoms in total. The minimum atomic E-state index is -3.23. The maximum atomic E-state index is 12.9. The largest absolute Gasteiger partial charge is 0.338 e. The van der Waals surface area contributed by atoms with Gasteiger partial charge >= 0.3 is 0 Å². The molecule has 0 bridgehead atoms. The van der Waals surface area contributed by atoms with Crippen molar-refractivity contribution >= 4 is 15.9 Å². The van der Waals surface area contributed by atoms with Crippen LogP contribution in [0.4, 0.5) is 0 Å². The summed E-state index contributed by atoms with van der Waals surface area (Å²) in [6.45, 7) is 3.77. The molecule has 7 heteroatoms. The quantitative estimate of drug-likeness (QED) is 0.829. The van der Waals surface area contributed by atoms with Crippen LogP contribution in [0.15, 0.2) is 24.5 Å². The fraction of sp³-hybridized carbons (Fsp3) is 0.625. The van der Waals surface area contributed by atoms with Crippen LogP contribution in [0.1, 0.15) is 31.7 Å². The van der Waals surface area contributed by atoms with E-state index in [0.717, 1.165) is 24.8 Å². The molecule has 1 spiro atoms. The van der Waals surface area contributed by atoms with Crippen LogP contribution >= 0.6 is 0 Å². The lowest BCUT2D eigenvalue weighted by Crippen LogP contribution is -2.50. The molecule has 0 aliphatic carbocycles. The van der Waals surface area contributed by atoms with Crippen molar-refractivity contribution in [1.82, 2.24) is 14.2 Å². The Morgan fingerprint density at radius 3 is 2.83 bits per heavy atom. The number of aromatic nitrogens is 1. The number of piperidine rings is 1. The summed E-state index contributed by atoms with van der Waals surface area (Å²) >= 11 is 0. The molecule has 0 N–H and O–H groups in total. The first-order valence-electron chi connectivity index (χ1n) is 8.13. The summed E-state index contributed by atoms with van der Waals surface area (Å²) in [6, 6.07) is 3.82. The molecule has 1 atom stereocenters. The van der Waals surface area contributed by atoms with E-state index >= 15 is 0 Å². The first kappa shape index (κ1) is 16.4. The van der Waals surface area contributed by atoms with E-state index in [0.29, 0.717) is 26.2 Å². The van der Waals surface area contributed by atoms with E-state index in [-0.39, 0.29) is 11.7 Å². The van der Waals surface area contributed by atoms with E-state index in [1.807, 2.05) is 17.0 Å². The zero-order chi connectivity index (χ0) is 16.5. The van der Waals surface area contributed by atoms with Gasteiger partial charge in [-0.1, -0.05) is 6.07 Å². The predicted octanol–water partition coefficient (Wildman–Crippen LogP) is 1.25. The smallest absolute Gasteiger partial charge is 0.230 e. The second-order valence-corrected chi connectivity index (χ2v) is 8.71. The summed E-state index contributed by atoms with van der Waals surface area (Å²) in [5.41, 5.74) is 0.481. The van der Waals surface area contributed by atoms with Crippen molar-refractivity contribution in [3.05, 3.63) is 30.1 Å². The lowest BCUT2D eigenvalue weighted by molar-refractivity contribution is -0.138. The normalized spacial score (nSPS) is 26.1. The van der Waals surface area contributed by atoms with Gasteiger partial charge < -0.3 is 4.90 Å². The number of carbonyl (C=O) groups excluding carboxylic acids is 1. The van der Waals surface area contributed by atoms with E-state index in [2.05, 4.69) is 4.98 Å². The molecule has 1 aromatic heterocycles. The van der Waals surface area contributed by atoms with Crippen molar-refractivity contribution in [3.63, 3.8) is 0 Å². The van der Waals surface area contributed by atoms with Gasteiger partial charge in [0.25, 0.3) is 0 Å². The highest BCUT2D eigenvalue weighted by atomic mass is 32.2. The molecule has 2 fully saturated rings. The van der Waals surface area contributed by atoms with Crippen molar-refractivity contribution < 1.29 is 13.2 Å². The molecule has 0 unspecified atom stereocenters. The Bertz CT molecular complexity index is 677. The summed E-state index contributed by atoms with van der Waals surface area (Å²) in [5.74, 6) is 0.189. The zero-order valence-corrected chi connectivity index (χ0v) is 14.3. The SMILES string of the molecule is CCS(=O)(=O)N1CCC[C@@]2(CCN(Cc3cccnc3)C2=O)C1. The highest BCUT2D eigenvalue weighted by Gasteiger charge is 2.50. The van der Waals surface area contributed by atoms with Crippen LogP contribution in [-0.2, 0) is 21.4 Å². The number of likely N-dealkylation sites (tertiary alicyclic amines) is 1. The van der Waals surface area contributed by atoms with Gasteiger partial charge in [-0.25, -0.2) is 12.7 Å². The molecular weight excluding hydrogens is 314 g/mol. The summed E-state index contributed by atoms with van der Waals surface area (Å²) in [6.07, 6.45) is 5.76. The van der Waals surface area contributed by atoms with Gasteiger partial charge in [-0.2, -0.15) is 0 Å². The summed E-state index contributed by atoms with van der Waals surface area (Å²) < 4.78 is 25.8. The molecule has 2 aliphatic rings. The highest BCUT2D eigenvalue weighted by Crippen LogP contribution is 2.41. The van der Waals surface area contributed by atoms with E-state index in [9.17, 15) is 13.2 Å². The molecule has 0 radical (unpaired) electrons. The molecule has 0 saturated carbocycles. The van der Waals surface area contributed by atoms with Crippen LogP contribution < -0.4 is 0 Å². The molecule has 2 aliphatic heterocycles. The Morgan fingerprint density at radius 1 is 1.30 bits per heavy atom. The number of hydrogen-bond donors (Lipinski definition) is 0. The lowest BCUT2D eigenvalue weighted by Gasteiger charge is -2.38. The van der Waals surface area contributed by atoms with E-state index in [4.69, 9.17) is 0 Å². The molecule has 3 heterocycles. The molecule has 23 heavy (non-hydrogen) atoms. The number of carbonyl (C=O) groups is 1. The fourth-order valence-electron chi connectivity index (χ4n) is 3.64. The van der Waals surface area contributed by atoms with Gasteiger partial charge in [0.1, 0.15) is 0 Å². The zero-order valence-electron chi connectivity index (χ0n) is 13.4. The van der Waals surface area contributed by atoms with Crippen LogP contribution in [0.3, 0.4) is 0 Å².